The molecule has 1 saturated heterocycles. The summed E-state index contributed by atoms with van der Waals surface area (Å²) in [5.41, 5.74) is 2.16. The maximum Gasteiger partial charge on any atom is 0.224 e. The molecule has 3 nitrogen and oxygen atoms in total. The lowest BCUT2D eigenvalue weighted by molar-refractivity contribution is -0.139. The molecule has 1 fully saturated rings. The van der Waals surface area contributed by atoms with Crippen molar-refractivity contribution in [3.8, 4) is 0 Å². The monoisotopic (exact) mass is 281 g/mol. The average molecular weight is 281 g/mol. The van der Waals surface area contributed by atoms with E-state index in [1.165, 1.54) is 11.1 Å². The second-order valence-electron chi connectivity index (χ2n) is 5.55. The largest absolute Gasteiger partial charge is 0.376 e. The molecule has 0 unspecified atom stereocenters. The fourth-order valence-corrected chi connectivity index (χ4v) is 3.25. The predicted octanol–water partition coefficient (Wildman–Crippen LogP) is 2.54. The smallest absolute Gasteiger partial charge is 0.224 e. The molecule has 0 aromatic heterocycles. The van der Waals surface area contributed by atoms with Crippen LogP contribution in [0.1, 0.15) is 24.0 Å². The Morgan fingerprint density at radius 1 is 0.952 bits per heavy atom. The summed E-state index contributed by atoms with van der Waals surface area (Å²) in [7, 11) is 0. The molecule has 1 amide bonds. The Hall–Kier alpha value is -2.13. The van der Waals surface area contributed by atoms with E-state index in [4.69, 9.17) is 0 Å². The molecule has 0 spiro atoms. The number of carbonyl (C=O) groups excluding carboxylic acids is 1. The van der Waals surface area contributed by atoms with Crippen LogP contribution in [0.2, 0.25) is 0 Å². The molecule has 0 radical (unpaired) electrons. The quantitative estimate of drug-likeness (QED) is 0.939. The summed E-state index contributed by atoms with van der Waals surface area (Å²) < 4.78 is 0. The van der Waals surface area contributed by atoms with Crippen molar-refractivity contribution in [3.05, 3.63) is 71.8 Å². The van der Waals surface area contributed by atoms with Crippen molar-refractivity contribution < 1.29 is 9.90 Å². The van der Waals surface area contributed by atoms with Crippen molar-refractivity contribution >= 4 is 5.91 Å². The van der Waals surface area contributed by atoms with Gasteiger partial charge in [0.25, 0.3) is 0 Å². The molecule has 3 rings (SSSR count). The molecule has 0 bridgehead atoms. The molecule has 2 aromatic rings. The number of hydrogen-bond donors (Lipinski definition) is 1. The predicted molar refractivity (Wildman–Crippen MR) is 81.7 cm³/mol. The number of hydrogen-bond acceptors (Lipinski definition) is 2. The number of piperidine rings is 1. The lowest BCUT2D eigenvalue weighted by atomic mass is 9.69. The van der Waals surface area contributed by atoms with E-state index in [9.17, 15) is 9.90 Å². The third kappa shape index (κ3) is 2.45. The Morgan fingerprint density at radius 3 is 1.95 bits per heavy atom. The van der Waals surface area contributed by atoms with Gasteiger partial charge < -0.3 is 10.0 Å². The SMILES string of the molecule is O=C1CCC(c2ccccc2)(c2ccccc2)CN1CO. The third-order valence-corrected chi connectivity index (χ3v) is 4.40. The molecule has 1 heterocycles. The molecule has 0 aliphatic carbocycles. The lowest BCUT2D eigenvalue weighted by Crippen LogP contribution is -2.49. The third-order valence-electron chi connectivity index (χ3n) is 4.40. The number of nitrogens with zero attached hydrogens (tertiary/aromatic N) is 1. The van der Waals surface area contributed by atoms with E-state index in [0.717, 1.165) is 6.42 Å². The molecule has 2 aromatic carbocycles. The highest BCUT2D eigenvalue weighted by atomic mass is 16.3. The lowest BCUT2D eigenvalue weighted by Gasteiger charge is -2.43. The molecule has 1 aliphatic rings. The molecule has 108 valence electrons. The van der Waals surface area contributed by atoms with Crippen LogP contribution in [-0.4, -0.2) is 29.2 Å². The van der Waals surface area contributed by atoms with Crippen LogP contribution in [0.15, 0.2) is 60.7 Å². The summed E-state index contributed by atoms with van der Waals surface area (Å²) in [4.78, 5) is 13.5. The van der Waals surface area contributed by atoms with Gasteiger partial charge in [-0.05, 0) is 17.5 Å². The first-order valence-corrected chi connectivity index (χ1v) is 7.26. The van der Waals surface area contributed by atoms with Crippen LogP contribution in [0, 0.1) is 0 Å². The Bertz CT molecular complexity index is 570. The fraction of sp³-hybridized carbons (Fsp3) is 0.278. The van der Waals surface area contributed by atoms with Crippen molar-refractivity contribution in [2.45, 2.75) is 18.3 Å². The normalized spacial score (nSPS) is 17.8. The van der Waals surface area contributed by atoms with E-state index in [-0.39, 0.29) is 18.1 Å². The number of benzene rings is 2. The standard InChI is InChI=1S/C18H19NO2/c20-14-19-13-18(12-11-17(19)21,15-7-3-1-4-8-15)16-9-5-2-6-10-16/h1-10,20H,11-14H2. The summed E-state index contributed by atoms with van der Waals surface area (Å²) in [6.07, 6.45) is 1.24. The highest BCUT2D eigenvalue weighted by Gasteiger charge is 2.41. The van der Waals surface area contributed by atoms with Crippen molar-refractivity contribution in [2.24, 2.45) is 0 Å². The number of aliphatic hydroxyl groups excluding tert-OH is 1. The van der Waals surface area contributed by atoms with Crippen molar-refractivity contribution in [1.29, 1.82) is 0 Å². The van der Waals surface area contributed by atoms with Crippen LogP contribution in [-0.2, 0) is 10.2 Å². The van der Waals surface area contributed by atoms with Gasteiger partial charge in [-0.1, -0.05) is 60.7 Å². The topological polar surface area (TPSA) is 40.5 Å². The van der Waals surface area contributed by atoms with Gasteiger partial charge in [0.1, 0.15) is 6.73 Å². The first kappa shape index (κ1) is 13.8. The average Bonchev–Trinajstić information content (AvgIpc) is 2.57. The zero-order chi connectivity index (χ0) is 14.7. The van der Waals surface area contributed by atoms with Gasteiger partial charge >= 0.3 is 0 Å². The van der Waals surface area contributed by atoms with Crippen LogP contribution in [0.25, 0.3) is 0 Å². The Kier molecular flexibility index (Phi) is 3.76. The molecule has 1 aliphatic heterocycles. The second kappa shape index (κ2) is 5.70. The molecule has 0 saturated carbocycles. The Labute approximate surface area is 124 Å². The Balaban J connectivity index is 2.10. The first-order valence-electron chi connectivity index (χ1n) is 7.26. The molecule has 21 heavy (non-hydrogen) atoms. The van der Waals surface area contributed by atoms with Crippen LogP contribution in [0.4, 0.5) is 0 Å². The van der Waals surface area contributed by atoms with Crippen LogP contribution in [0.5, 0.6) is 0 Å². The van der Waals surface area contributed by atoms with E-state index in [1.807, 2.05) is 36.4 Å². The molecular weight excluding hydrogens is 262 g/mol. The minimum atomic E-state index is -0.237. The summed E-state index contributed by atoms with van der Waals surface area (Å²) >= 11 is 0. The van der Waals surface area contributed by atoms with Gasteiger partial charge in [0.15, 0.2) is 0 Å². The van der Waals surface area contributed by atoms with Crippen molar-refractivity contribution in [2.75, 3.05) is 13.3 Å². The van der Waals surface area contributed by atoms with Crippen LogP contribution >= 0.6 is 0 Å². The number of rotatable bonds is 3. The number of amides is 1. The van der Waals surface area contributed by atoms with Crippen LogP contribution in [0.3, 0.4) is 0 Å². The van der Waals surface area contributed by atoms with E-state index < -0.39 is 0 Å². The summed E-state index contributed by atoms with van der Waals surface area (Å²) in [5, 5.41) is 9.49. The van der Waals surface area contributed by atoms with Crippen LogP contribution < -0.4 is 0 Å². The minimum Gasteiger partial charge on any atom is -0.376 e. The van der Waals surface area contributed by atoms with Gasteiger partial charge in [-0.2, -0.15) is 0 Å². The van der Waals surface area contributed by atoms with E-state index >= 15 is 0 Å². The maximum atomic E-state index is 11.9. The van der Waals surface area contributed by atoms with Crippen molar-refractivity contribution in [3.63, 3.8) is 0 Å². The fourth-order valence-electron chi connectivity index (χ4n) is 3.25. The van der Waals surface area contributed by atoms with E-state index in [0.29, 0.717) is 13.0 Å². The number of aliphatic hydroxyl groups is 1. The number of carbonyl (C=O) groups is 1. The molecular formula is C18H19NO2. The van der Waals surface area contributed by atoms with Gasteiger partial charge in [0.05, 0.1) is 0 Å². The van der Waals surface area contributed by atoms with Gasteiger partial charge in [0.2, 0.25) is 5.91 Å². The molecule has 0 atom stereocenters. The zero-order valence-corrected chi connectivity index (χ0v) is 11.9. The first-order chi connectivity index (χ1) is 10.3. The van der Waals surface area contributed by atoms with Crippen molar-refractivity contribution in [1.82, 2.24) is 4.90 Å². The molecule has 1 N–H and O–H groups in total. The van der Waals surface area contributed by atoms with E-state index in [2.05, 4.69) is 24.3 Å². The Morgan fingerprint density at radius 2 is 1.48 bits per heavy atom. The zero-order valence-electron chi connectivity index (χ0n) is 11.9. The second-order valence-corrected chi connectivity index (χ2v) is 5.55. The molecule has 3 heteroatoms. The summed E-state index contributed by atoms with van der Waals surface area (Å²) in [5.74, 6) is 0.0278. The minimum absolute atomic E-state index is 0.0278. The highest BCUT2D eigenvalue weighted by molar-refractivity contribution is 5.78. The highest BCUT2D eigenvalue weighted by Crippen LogP contribution is 2.40. The van der Waals surface area contributed by atoms with Gasteiger partial charge in [-0.15, -0.1) is 0 Å². The van der Waals surface area contributed by atoms with Gasteiger partial charge in [-0.3, -0.25) is 4.79 Å². The van der Waals surface area contributed by atoms with E-state index in [1.54, 1.807) is 4.90 Å². The van der Waals surface area contributed by atoms with Gasteiger partial charge in [0, 0.05) is 18.4 Å². The maximum absolute atomic E-state index is 11.9. The summed E-state index contributed by atoms with van der Waals surface area (Å²) in [6.45, 7) is 0.302. The van der Waals surface area contributed by atoms with Gasteiger partial charge in [-0.25, -0.2) is 0 Å². The summed E-state index contributed by atoms with van der Waals surface area (Å²) in [6, 6.07) is 20.5. The number of likely N-dealkylation sites (tertiary alicyclic amines) is 1.